The summed E-state index contributed by atoms with van der Waals surface area (Å²) in [5.74, 6) is 3.91. The summed E-state index contributed by atoms with van der Waals surface area (Å²) in [4.78, 5) is 12.5. The highest BCUT2D eigenvalue weighted by Gasteiger charge is 2.44. The average molecular weight is 1480 g/mol. The summed E-state index contributed by atoms with van der Waals surface area (Å²) in [5, 5.41) is 15.4. The number of hydrogen-bond donors (Lipinski definition) is 0. The molecule has 6 heterocycles. The van der Waals surface area contributed by atoms with Gasteiger partial charge in [0.25, 0.3) is 0 Å². The molecule has 2 aliphatic heterocycles. The molecule has 0 bridgehead atoms. The number of para-hydroxylation sites is 6. The molecule has 16 aromatic carbocycles. The van der Waals surface area contributed by atoms with Crippen molar-refractivity contribution in [3.8, 4) is 55.9 Å². The van der Waals surface area contributed by atoms with Crippen molar-refractivity contribution in [2.45, 2.75) is 21.3 Å². The first-order chi connectivity index (χ1) is 54.5. The van der Waals surface area contributed by atoms with Crippen molar-refractivity contribution in [2.24, 2.45) is 0 Å². The lowest BCUT2D eigenvalue weighted by Gasteiger charge is -2.35. The predicted octanol–water partition coefficient (Wildman–Crippen LogP) is 20.5. The molecule has 0 fully saturated rings. The summed E-state index contributed by atoms with van der Waals surface area (Å²) in [6.45, 7) is 0. The fourth-order valence-electron chi connectivity index (χ4n) is 17.5. The molecule has 0 spiro atoms. The smallest absolute Gasteiger partial charge is 0.179 e. The first kappa shape index (κ1) is 65.5. The summed E-state index contributed by atoms with van der Waals surface area (Å²) in [5.41, 5.74) is 20.1. The zero-order valence-electron chi connectivity index (χ0n) is 59.8. The van der Waals surface area contributed by atoms with Gasteiger partial charge in [0.05, 0.1) is 44.9 Å². The Kier molecular flexibility index (Phi) is 16.2. The number of aromatic nitrogens is 4. The van der Waals surface area contributed by atoms with E-state index in [1.54, 1.807) is 0 Å². The molecule has 10 heteroatoms. The number of rotatable bonds is 12. The number of furan rings is 2. The minimum Gasteiger partial charge on any atom is -0.456 e. The Morgan fingerprint density at radius 2 is 0.600 bits per heavy atom. The Labute approximate surface area is 647 Å². The molecule has 0 radical (unpaired) electrons. The molecule has 20 aromatic rings. The van der Waals surface area contributed by atoms with E-state index in [0.29, 0.717) is 0 Å². The van der Waals surface area contributed by atoms with Crippen LogP contribution in [0.2, 0.25) is 0 Å². The highest BCUT2D eigenvalue weighted by atomic mass is 32.2. The van der Waals surface area contributed by atoms with E-state index in [1.165, 1.54) is 107 Å². The molecule has 0 aliphatic carbocycles. The SMILES string of the molecule is c1ccc([Si](c2ccccc2)(c2cccc(-c3ccc4c(c3)SCc3nc5ccccc5n3-4)c2)c2cccc(-c3ccc4oc5ccccc5c4c3)c2)cc1.c1ccc([Si](c2ccccc2)(c2cccc(-c3ccc4c(c3)SCc3nc5ccccc5n3-4)c2)c2cccc(-c3cccc4oc5ccccc5c34)c2)cc1. The van der Waals surface area contributed by atoms with Gasteiger partial charge in [-0.2, -0.15) is 0 Å². The fourth-order valence-corrected chi connectivity index (χ4v) is 29.2. The molecule has 0 N–H and O–H groups in total. The second-order valence-electron chi connectivity index (χ2n) is 28.5. The zero-order valence-corrected chi connectivity index (χ0v) is 63.4. The molecule has 0 saturated heterocycles. The van der Waals surface area contributed by atoms with E-state index in [2.05, 4.69) is 379 Å². The molecule has 6 nitrogen and oxygen atoms in total. The maximum Gasteiger partial charge on any atom is 0.179 e. The van der Waals surface area contributed by atoms with E-state index in [9.17, 15) is 0 Å². The number of imidazole rings is 2. The fraction of sp³-hybridized carbons (Fsp3) is 0.0200. The second kappa shape index (κ2) is 27.1. The third-order valence-corrected chi connectivity index (χ3v) is 34.1. The lowest BCUT2D eigenvalue weighted by Crippen LogP contribution is -2.74. The van der Waals surface area contributed by atoms with E-state index in [1.807, 2.05) is 41.7 Å². The third-order valence-electron chi connectivity index (χ3n) is 22.5. The monoisotopic (exact) mass is 1480 g/mol. The lowest BCUT2D eigenvalue weighted by atomic mass is 9.99. The molecule has 2 aliphatic rings. The Balaban J connectivity index is 0.000000140. The van der Waals surface area contributed by atoms with Gasteiger partial charge >= 0.3 is 0 Å². The van der Waals surface area contributed by atoms with E-state index in [0.717, 1.165) is 89.1 Å². The molecule has 0 amide bonds. The van der Waals surface area contributed by atoms with Crippen LogP contribution >= 0.6 is 23.5 Å². The van der Waals surface area contributed by atoms with Crippen molar-refractivity contribution in [2.75, 3.05) is 0 Å². The molecule has 0 unspecified atom stereocenters. The normalized spacial score (nSPS) is 12.6. The van der Waals surface area contributed by atoms with E-state index < -0.39 is 16.1 Å². The molecule has 0 saturated carbocycles. The van der Waals surface area contributed by atoms with Crippen molar-refractivity contribution in [3.63, 3.8) is 0 Å². The third kappa shape index (κ3) is 10.9. The molecule has 110 heavy (non-hydrogen) atoms. The van der Waals surface area contributed by atoms with Gasteiger partial charge in [-0.25, -0.2) is 9.97 Å². The van der Waals surface area contributed by atoms with Crippen LogP contribution in [0.25, 0.3) is 122 Å². The number of fused-ring (bicyclic) bond motifs is 16. The highest BCUT2D eigenvalue weighted by molar-refractivity contribution is 7.99. The van der Waals surface area contributed by atoms with Crippen molar-refractivity contribution in [1.82, 2.24) is 19.1 Å². The van der Waals surface area contributed by atoms with Gasteiger partial charge in [0.1, 0.15) is 34.0 Å². The first-order valence-electron chi connectivity index (χ1n) is 37.4. The second-order valence-corrected chi connectivity index (χ2v) is 38.2. The number of thioether (sulfide) groups is 2. The van der Waals surface area contributed by atoms with Gasteiger partial charge in [-0.15, -0.1) is 23.5 Å². The number of benzene rings is 16. The lowest BCUT2D eigenvalue weighted by molar-refractivity contribution is 0.668. The summed E-state index contributed by atoms with van der Waals surface area (Å²) in [7, 11) is -5.72. The Morgan fingerprint density at radius 1 is 0.255 bits per heavy atom. The standard InChI is InChI=1S/2C50H34N2OSSi/c1-3-16-37(17-4-1)55(38-18-5-2-6-19-38,40-21-12-15-36(31-40)41-23-13-27-47-50(41)42-22-7-10-26-46(42)53-47)39-20-11-14-34(30-39)35-28-29-45-48(32-35)54-33-49-51-43-24-8-9-25-44(43)52(45)49;1-3-15-38(16-4-1)55(39-17-5-2-6-18-39,40-19-11-13-34(29-40)36-26-28-48-43(31-36)42-21-7-10-24-47(42)53-48)41-20-12-14-35(30-41)37-25-27-46-49(32-37)54-33-50-51-44-22-8-9-23-45(44)52(46)50/h2*1-32H,33H2. The van der Waals surface area contributed by atoms with Crippen molar-refractivity contribution >= 4 is 147 Å². The molecule has 4 aromatic heterocycles. The van der Waals surface area contributed by atoms with Gasteiger partial charge in [-0.3, -0.25) is 9.13 Å². The summed E-state index contributed by atoms with van der Waals surface area (Å²) in [6, 6.07) is 143. The van der Waals surface area contributed by atoms with Crippen molar-refractivity contribution in [1.29, 1.82) is 0 Å². The predicted molar refractivity (Wildman–Crippen MR) is 465 cm³/mol. The topological polar surface area (TPSA) is 61.9 Å². The van der Waals surface area contributed by atoms with Crippen LogP contribution in [0, 0.1) is 0 Å². The van der Waals surface area contributed by atoms with Crippen LogP contribution in [0.1, 0.15) is 11.6 Å². The zero-order chi connectivity index (χ0) is 72.7. The molecular weight excluding hydrogens is 1410 g/mol. The van der Waals surface area contributed by atoms with Crippen LogP contribution in [0.15, 0.2) is 407 Å². The van der Waals surface area contributed by atoms with E-state index in [-0.39, 0.29) is 0 Å². The minimum atomic E-state index is -2.87. The van der Waals surface area contributed by atoms with E-state index in [4.69, 9.17) is 18.8 Å². The van der Waals surface area contributed by atoms with Gasteiger partial charge in [0.2, 0.25) is 0 Å². The van der Waals surface area contributed by atoms with Gasteiger partial charge in [-0.1, -0.05) is 309 Å². The van der Waals surface area contributed by atoms with Crippen LogP contribution in [0.5, 0.6) is 0 Å². The maximum absolute atomic E-state index is 6.34. The molecule has 0 atom stereocenters. The average Bonchev–Trinajstić information content (AvgIpc) is 1.05. The van der Waals surface area contributed by atoms with Gasteiger partial charge in [0, 0.05) is 31.3 Å². The van der Waals surface area contributed by atoms with Crippen LogP contribution in [0.3, 0.4) is 0 Å². The molecular formula is C100H68N4O2S2Si2. The molecule has 520 valence electrons. The summed E-state index contributed by atoms with van der Waals surface area (Å²) in [6.07, 6.45) is 0. The molecule has 22 rings (SSSR count). The Hall–Kier alpha value is -12.8. The van der Waals surface area contributed by atoms with Crippen molar-refractivity contribution in [3.05, 3.63) is 400 Å². The maximum atomic E-state index is 6.34. The quantitative estimate of drug-likeness (QED) is 0.0897. The summed E-state index contributed by atoms with van der Waals surface area (Å²) >= 11 is 3.75. The minimum absolute atomic E-state index is 0.849. The Morgan fingerprint density at radius 3 is 1.09 bits per heavy atom. The first-order valence-corrected chi connectivity index (χ1v) is 43.4. The highest BCUT2D eigenvalue weighted by Crippen LogP contribution is 2.43. The van der Waals surface area contributed by atoms with Gasteiger partial charge < -0.3 is 8.83 Å². The van der Waals surface area contributed by atoms with E-state index >= 15 is 0 Å². The van der Waals surface area contributed by atoms with Crippen LogP contribution < -0.4 is 41.5 Å². The van der Waals surface area contributed by atoms with Crippen molar-refractivity contribution < 1.29 is 8.83 Å². The van der Waals surface area contributed by atoms with Crippen LogP contribution in [-0.2, 0) is 11.5 Å². The number of hydrogen-bond acceptors (Lipinski definition) is 6. The van der Waals surface area contributed by atoms with Crippen LogP contribution in [-0.4, -0.2) is 35.2 Å². The van der Waals surface area contributed by atoms with Gasteiger partial charge in [-0.05, 0) is 165 Å². The summed E-state index contributed by atoms with van der Waals surface area (Å²) < 4.78 is 17.2. The van der Waals surface area contributed by atoms with Crippen LogP contribution in [0.4, 0.5) is 0 Å². The number of nitrogens with zero attached hydrogens (tertiary/aromatic N) is 4. The largest absolute Gasteiger partial charge is 0.456 e. The van der Waals surface area contributed by atoms with Gasteiger partial charge in [0.15, 0.2) is 16.1 Å². The Bertz CT molecular complexity index is 6870.